The summed E-state index contributed by atoms with van der Waals surface area (Å²) in [6.07, 6.45) is 5.51. The third kappa shape index (κ3) is 4.51. The van der Waals surface area contributed by atoms with Gasteiger partial charge in [0, 0.05) is 26.2 Å². The summed E-state index contributed by atoms with van der Waals surface area (Å²) in [6.45, 7) is 9.11. The monoisotopic (exact) mass is 350 g/mol. The standard InChI is InChI=1S/C20H30N2O.ClH/c1-2-8-21(7-1)15-17-3-5-19(6-4-17)20-13-18(14-20)16-22-9-11-23-12-10-22;/h3-6,18,20H,1-2,7-16H2;1H. The second-order valence-electron chi connectivity index (χ2n) is 7.67. The van der Waals surface area contributed by atoms with Crippen LogP contribution in [0.5, 0.6) is 0 Å². The van der Waals surface area contributed by atoms with Crippen molar-refractivity contribution in [3.8, 4) is 0 Å². The van der Waals surface area contributed by atoms with Crippen LogP contribution in [-0.2, 0) is 11.3 Å². The first kappa shape index (κ1) is 18.2. The molecular formula is C20H31ClN2O. The summed E-state index contributed by atoms with van der Waals surface area (Å²) in [7, 11) is 0. The Hall–Kier alpha value is -0.610. The molecule has 2 heterocycles. The van der Waals surface area contributed by atoms with Gasteiger partial charge >= 0.3 is 0 Å². The highest BCUT2D eigenvalue weighted by molar-refractivity contribution is 5.85. The zero-order valence-electron chi connectivity index (χ0n) is 14.7. The van der Waals surface area contributed by atoms with Crippen molar-refractivity contribution in [3.05, 3.63) is 35.4 Å². The molecule has 3 fully saturated rings. The van der Waals surface area contributed by atoms with Gasteiger partial charge in [-0.15, -0.1) is 12.4 Å². The lowest BCUT2D eigenvalue weighted by Crippen LogP contribution is -2.42. The molecule has 3 aliphatic rings. The first-order chi connectivity index (χ1) is 11.4. The number of morpholine rings is 1. The SMILES string of the molecule is Cl.c1cc(C2CC(CN3CCOCC3)C2)ccc1CN1CCCC1. The van der Waals surface area contributed by atoms with Crippen LogP contribution in [0.3, 0.4) is 0 Å². The van der Waals surface area contributed by atoms with Crippen LogP contribution in [0.15, 0.2) is 24.3 Å². The molecule has 1 aromatic carbocycles. The van der Waals surface area contributed by atoms with E-state index in [1.807, 2.05) is 0 Å². The molecule has 0 atom stereocenters. The normalized spacial score (nSPS) is 28.3. The van der Waals surface area contributed by atoms with Gasteiger partial charge in [-0.1, -0.05) is 24.3 Å². The van der Waals surface area contributed by atoms with Crippen LogP contribution < -0.4 is 0 Å². The summed E-state index contributed by atoms with van der Waals surface area (Å²) in [5.41, 5.74) is 3.05. The Labute approximate surface area is 152 Å². The van der Waals surface area contributed by atoms with E-state index in [2.05, 4.69) is 34.1 Å². The first-order valence-electron chi connectivity index (χ1n) is 9.48. The summed E-state index contributed by atoms with van der Waals surface area (Å²) >= 11 is 0. The van der Waals surface area contributed by atoms with E-state index >= 15 is 0 Å². The van der Waals surface area contributed by atoms with E-state index in [-0.39, 0.29) is 12.4 Å². The Kier molecular flexibility index (Phi) is 6.56. The molecule has 4 heteroatoms. The van der Waals surface area contributed by atoms with Crippen molar-refractivity contribution < 1.29 is 4.74 Å². The fourth-order valence-corrected chi connectivity index (χ4v) is 4.40. The van der Waals surface area contributed by atoms with E-state index in [1.54, 1.807) is 5.56 Å². The van der Waals surface area contributed by atoms with E-state index in [1.165, 1.54) is 50.9 Å². The third-order valence-electron chi connectivity index (χ3n) is 5.91. The van der Waals surface area contributed by atoms with Gasteiger partial charge in [-0.25, -0.2) is 0 Å². The lowest BCUT2D eigenvalue weighted by atomic mass is 9.71. The van der Waals surface area contributed by atoms with Crippen LogP contribution in [0.25, 0.3) is 0 Å². The third-order valence-corrected chi connectivity index (χ3v) is 5.91. The minimum atomic E-state index is 0. The quantitative estimate of drug-likeness (QED) is 0.808. The number of hydrogen-bond acceptors (Lipinski definition) is 3. The number of hydrogen-bond donors (Lipinski definition) is 0. The number of ether oxygens (including phenoxy) is 1. The maximum atomic E-state index is 5.44. The van der Waals surface area contributed by atoms with Crippen molar-refractivity contribution in [3.63, 3.8) is 0 Å². The van der Waals surface area contributed by atoms with Crippen molar-refractivity contribution in [2.24, 2.45) is 5.92 Å². The second kappa shape index (κ2) is 8.66. The van der Waals surface area contributed by atoms with Crippen LogP contribution >= 0.6 is 12.4 Å². The highest BCUT2D eigenvalue weighted by Gasteiger charge is 2.31. The van der Waals surface area contributed by atoms with Crippen LogP contribution in [0.2, 0.25) is 0 Å². The molecule has 0 spiro atoms. The van der Waals surface area contributed by atoms with E-state index in [0.29, 0.717) is 0 Å². The Morgan fingerprint density at radius 1 is 0.875 bits per heavy atom. The topological polar surface area (TPSA) is 15.7 Å². The molecule has 0 radical (unpaired) electrons. The van der Waals surface area contributed by atoms with Gasteiger partial charge in [0.2, 0.25) is 0 Å². The zero-order chi connectivity index (χ0) is 15.5. The Morgan fingerprint density at radius 3 is 2.21 bits per heavy atom. The van der Waals surface area contributed by atoms with Crippen molar-refractivity contribution >= 4 is 12.4 Å². The van der Waals surface area contributed by atoms with Crippen LogP contribution in [0, 0.1) is 5.92 Å². The second-order valence-corrected chi connectivity index (χ2v) is 7.67. The van der Waals surface area contributed by atoms with Gasteiger partial charge < -0.3 is 4.74 Å². The van der Waals surface area contributed by atoms with Gasteiger partial charge in [0.1, 0.15) is 0 Å². The van der Waals surface area contributed by atoms with Crippen LogP contribution in [0.1, 0.15) is 42.7 Å². The summed E-state index contributed by atoms with van der Waals surface area (Å²) in [5.74, 6) is 1.71. The number of likely N-dealkylation sites (tertiary alicyclic amines) is 1. The molecular weight excluding hydrogens is 320 g/mol. The first-order valence-corrected chi connectivity index (χ1v) is 9.48. The minimum Gasteiger partial charge on any atom is -0.379 e. The van der Waals surface area contributed by atoms with Crippen molar-refractivity contribution in [2.75, 3.05) is 45.9 Å². The maximum absolute atomic E-state index is 5.44. The highest BCUT2D eigenvalue weighted by Crippen LogP contribution is 2.42. The highest BCUT2D eigenvalue weighted by atomic mass is 35.5. The van der Waals surface area contributed by atoms with Gasteiger partial charge in [-0.05, 0) is 61.7 Å². The van der Waals surface area contributed by atoms with Gasteiger partial charge in [0.25, 0.3) is 0 Å². The summed E-state index contributed by atoms with van der Waals surface area (Å²) < 4.78 is 5.44. The number of nitrogens with zero attached hydrogens (tertiary/aromatic N) is 2. The molecule has 0 amide bonds. The number of rotatable bonds is 5. The molecule has 0 aromatic heterocycles. The minimum absolute atomic E-state index is 0. The van der Waals surface area contributed by atoms with Gasteiger partial charge in [0.15, 0.2) is 0 Å². The Bertz CT molecular complexity index is 489. The lowest BCUT2D eigenvalue weighted by molar-refractivity contribution is 0.0217. The molecule has 0 bridgehead atoms. The average Bonchev–Trinajstić information content (AvgIpc) is 3.06. The molecule has 4 rings (SSSR count). The van der Waals surface area contributed by atoms with E-state index in [0.717, 1.165) is 44.7 Å². The van der Waals surface area contributed by atoms with Crippen molar-refractivity contribution in [1.82, 2.24) is 9.80 Å². The molecule has 134 valence electrons. The average molecular weight is 351 g/mol. The van der Waals surface area contributed by atoms with Crippen molar-refractivity contribution in [1.29, 1.82) is 0 Å². The molecule has 1 saturated carbocycles. The maximum Gasteiger partial charge on any atom is 0.0594 e. The molecule has 0 N–H and O–H groups in total. The predicted octanol–water partition coefficient (Wildman–Crippen LogP) is 3.53. The summed E-state index contributed by atoms with van der Waals surface area (Å²) in [6, 6.07) is 9.51. The lowest BCUT2D eigenvalue weighted by Gasteiger charge is -2.40. The molecule has 1 aromatic rings. The smallest absolute Gasteiger partial charge is 0.0594 e. The van der Waals surface area contributed by atoms with Crippen LogP contribution in [0.4, 0.5) is 0 Å². The molecule has 1 aliphatic carbocycles. The van der Waals surface area contributed by atoms with E-state index in [9.17, 15) is 0 Å². The largest absolute Gasteiger partial charge is 0.379 e. The molecule has 3 nitrogen and oxygen atoms in total. The van der Waals surface area contributed by atoms with Crippen LogP contribution in [-0.4, -0.2) is 55.7 Å². The molecule has 24 heavy (non-hydrogen) atoms. The molecule has 0 unspecified atom stereocenters. The van der Waals surface area contributed by atoms with E-state index < -0.39 is 0 Å². The summed E-state index contributed by atoms with van der Waals surface area (Å²) in [5, 5.41) is 0. The predicted molar refractivity (Wildman–Crippen MR) is 101 cm³/mol. The Balaban J connectivity index is 0.00000169. The molecule has 2 aliphatic heterocycles. The molecule has 2 saturated heterocycles. The van der Waals surface area contributed by atoms with E-state index in [4.69, 9.17) is 4.74 Å². The van der Waals surface area contributed by atoms with Gasteiger partial charge in [-0.2, -0.15) is 0 Å². The van der Waals surface area contributed by atoms with Gasteiger partial charge in [-0.3, -0.25) is 9.80 Å². The Morgan fingerprint density at radius 2 is 1.54 bits per heavy atom. The zero-order valence-corrected chi connectivity index (χ0v) is 15.5. The number of benzene rings is 1. The fraction of sp³-hybridized carbons (Fsp3) is 0.700. The van der Waals surface area contributed by atoms with Gasteiger partial charge in [0.05, 0.1) is 13.2 Å². The fourth-order valence-electron chi connectivity index (χ4n) is 4.40. The van der Waals surface area contributed by atoms with Crippen molar-refractivity contribution in [2.45, 2.75) is 38.1 Å². The summed E-state index contributed by atoms with van der Waals surface area (Å²) in [4.78, 5) is 5.17. The number of halogens is 1.